The monoisotopic (exact) mass is 297 g/mol. The highest BCUT2D eigenvalue weighted by atomic mass is 16.5. The molecule has 1 aromatic heterocycles. The summed E-state index contributed by atoms with van der Waals surface area (Å²) in [5, 5.41) is 0. The summed E-state index contributed by atoms with van der Waals surface area (Å²) in [5.41, 5.74) is 1.64. The van der Waals surface area contributed by atoms with E-state index in [0.717, 1.165) is 11.4 Å². The average molecular weight is 297 g/mol. The predicted octanol–water partition coefficient (Wildman–Crippen LogP) is 2.78. The van der Waals surface area contributed by atoms with E-state index in [1.807, 2.05) is 49.2 Å². The zero-order valence-electron chi connectivity index (χ0n) is 13.1. The van der Waals surface area contributed by atoms with Crippen LogP contribution in [0.1, 0.15) is 11.3 Å². The maximum absolute atomic E-state index is 11.3. The Labute approximate surface area is 130 Å². The molecule has 0 atom stereocenters. The van der Waals surface area contributed by atoms with E-state index in [2.05, 4.69) is 11.8 Å². The van der Waals surface area contributed by atoms with Crippen molar-refractivity contribution in [2.24, 2.45) is 0 Å². The Bertz CT molecular complexity index is 735. The SMILES string of the molecule is Cc1ccc(OCC#CCN(C)c2cc(C)oc(=O)c2)cc1. The number of anilines is 1. The van der Waals surface area contributed by atoms with Crippen LogP contribution in [-0.4, -0.2) is 20.2 Å². The molecule has 4 heteroatoms. The van der Waals surface area contributed by atoms with Crippen molar-refractivity contribution in [1.29, 1.82) is 0 Å². The standard InChI is InChI=1S/C18H19NO3/c1-14-6-8-17(9-7-14)21-11-5-4-10-19(3)16-12-15(2)22-18(20)13-16/h6-9,12-13H,10-11H2,1-3H3. The van der Waals surface area contributed by atoms with Crippen molar-refractivity contribution in [3.05, 3.63) is 58.1 Å². The summed E-state index contributed by atoms with van der Waals surface area (Å²) in [6.45, 7) is 4.64. The van der Waals surface area contributed by atoms with Crippen molar-refractivity contribution in [3.8, 4) is 17.6 Å². The van der Waals surface area contributed by atoms with Gasteiger partial charge in [0.2, 0.25) is 0 Å². The van der Waals surface area contributed by atoms with Gasteiger partial charge in [0.05, 0.1) is 6.54 Å². The zero-order valence-corrected chi connectivity index (χ0v) is 13.1. The van der Waals surface area contributed by atoms with Gasteiger partial charge in [-0.25, -0.2) is 4.79 Å². The quantitative estimate of drug-likeness (QED) is 0.814. The van der Waals surface area contributed by atoms with E-state index in [-0.39, 0.29) is 5.63 Å². The summed E-state index contributed by atoms with van der Waals surface area (Å²) in [6, 6.07) is 11.1. The molecule has 0 aliphatic carbocycles. The molecule has 22 heavy (non-hydrogen) atoms. The highest BCUT2D eigenvalue weighted by Crippen LogP contribution is 2.11. The molecular formula is C18H19NO3. The van der Waals surface area contributed by atoms with Gasteiger partial charge in [-0.1, -0.05) is 29.5 Å². The van der Waals surface area contributed by atoms with Crippen LogP contribution < -0.4 is 15.3 Å². The molecule has 0 radical (unpaired) electrons. The lowest BCUT2D eigenvalue weighted by atomic mass is 10.2. The van der Waals surface area contributed by atoms with Gasteiger partial charge >= 0.3 is 5.63 Å². The molecule has 0 amide bonds. The predicted molar refractivity (Wildman–Crippen MR) is 87.4 cm³/mol. The van der Waals surface area contributed by atoms with Gasteiger partial charge in [-0.05, 0) is 32.0 Å². The number of rotatable bonds is 4. The van der Waals surface area contributed by atoms with Crippen LogP contribution in [-0.2, 0) is 0 Å². The van der Waals surface area contributed by atoms with E-state index in [1.54, 1.807) is 6.92 Å². The highest BCUT2D eigenvalue weighted by molar-refractivity contribution is 5.45. The van der Waals surface area contributed by atoms with Gasteiger partial charge in [-0.3, -0.25) is 0 Å². The van der Waals surface area contributed by atoms with Gasteiger partial charge in [0.1, 0.15) is 18.1 Å². The zero-order chi connectivity index (χ0) is 15.9. The van der Waals surface area contributed by atoms with Crippen LogP contribution in [0.15, 0.2) is 45.6 Å². The normalized spacial score (nSPS) is 9.77. The minimum atomic E-state index is -0.350. The summed E-state index contributed by atoms with van der Waals surface area (Å²) in [5.74, 6) is 7.38. The Balaban J connectivity index is 1.85. The Morgan fingerprint density at radius 2 is 1.86 bits per heavy atom. The van der Waals surface area contributed by atoms with Crippen molar-refractivity contribution in [3.63, 3.8) is 0 Å². The largest absolute Gasteiger partial charge is 0.481 e. The molecular weight excluding hydrogens is 278 g/mol. The fourth-order valence-electron chi connectivity index (χ4n) is 1.88. The van der Waals surface area contributed by atoms with Crippen molar-refractivity contribution in [2.75, 3.05) is 25.1 Å². The van der Waals surface area contributed by atoms with Gasteiger partial charge in [0.25, 0.3) is 0 Å². The fourth-order valence-corrected chi connectivity index (χ4v) is 1.88. The Morgan fingerprint density at radius 3 is 2.55 bits per heavy atom. The summed E-state index contributed by atoms with van der Waals surface area (Å²) in [4.78, 5) is 13.2. The maximum Gasteiger partial charge on any atom is 0.337 e. The molecule has 1 heterocycles. The summed E-state index contributed by atoms with van der Waals surface area (Å²) >= 11 is 0. The molecule has 4 nitrogen and oxygen atoms in total. The van der Waals surface area contributed by atoms with Crippen LogP contribution in [0.3, 0.4) is 0 Å². The Kier molecular flexibility index (Phi) is 5.26. The third-order valence-electron chi connectivity index (χ3n) is 3.09. The van der Waals surface area contributed by atoms with Crippen LogP contribution in [0.5, 0.6) is 5.75 Å². The second-order valence-electron chi connectivity index (χ2n) is 5.06. The molecule has 0 aliphatic rings. The Morgan fingerprint density at radius 1 is 1.14 bits per heavy atom. The highest BCUT2D eigenvalue weighted by Gasteiger charge is 2.02. The minimum Gasteiger partial charge on any atom is -0.481 e. The van der Waals surface area contributed by atoms with Crippen LogP contribution in [0.2, 0.25) is 0 Å². The first-order valence-electron chi connectivity index (χ1n) is 7.03. The molecule has 0 aliphatic heterocycles. The molecule has 0 saturated heterocycles. The number of nitrogens with zero attached hydrogens (tertiary/aromatic N) is 1. The number of ether oxygens (including phenoxy) is 1. The first kappa shape index (κ1) is 15.7. The van der Waals surface area contributed by atoms with Gasteiger partial charge in [0, 0.05) is 18.8 Å². The Hall–Kier alpha value is -2.67. The molecule has 0 fully saturated rings. The van der Waals surface area contributed by atoms with Crippen molar-refractivity contribution in [1.82, 2.24) is 0 Å². The number of hydrogen-bond acceptors (Lipinski definition) is 4. The van der Waals surface area contributed by atoms with Crippen molar-refractivity contribution >= 4 is 5.69 Å². The summed E-state index contributed by atoms with van der Waals surface area (Å²) < 4.78 is 10.5. The van der Waals surface area contributed by atoms with Crippen LogP contribution in [0.25, 0.3) is 0 Å². The molecule has 0 saturated carbocycles. The third kappa shape index (κ3) is 4.71. The van der Waals surface area contributed by atoms with E-state index in [9.17, 15) is 4.79 Å². The lowest BCUT2D eigenvalue weighted by Gasteiger charge is -2.15. The first-order chi connectivity index (χ1) is 10.5. The molecule has 114 valence electrons. The summed E-state index contributed by atoms with van der Waals surface area (Å²) in [7, 11) is 1.88. The van der Waals surface area contributed by atoms with E-state index >= 15 is 0 Å². The molecule has 2 aromatic rings. The molecule has 2 rings (SSSR count). The lowest BCUT2D eigenvalue weighted by molar-refractivity contribution is 0.370. The molecule has 1 aromatic carbocycles. The fraction of sp³-hybridized carbons (Fsp3) is 0.278. The van der Waals surface area contributed by atoms with E-state index < -0.39 is 0 Å². The number of aryl methyl sites for hydroxylation is 2. The van der Waals surface area contributed by atoms with E-state index in [4.69, 9.17) is 9.15 Å². The van der Waals surface area contributed by atoms with E-state index in [0.29, 0.717) is 18.9 Å². The summed E-state index contributed by atoms with van der Waals surface area (Å²) in [6.07, 6.45) is 0. The van der Waals surface area contributed by atoms with Crippen molar-refractivity contribution < 1.29 is 9.15 Å². The second kappa shape index (κ2) is 7.37. The molecule has 0 spiro atoms. The number of benzene rings is 1. The molecule has 0 bridgehead atoms. The van der Waals surface area contributed by atoms with Crippen LogP contribution in [0.4, 0.5) is 5.69 Å². The van der Waals surface area contributed by atoms with Gasteiger partial charge < -0.3 is 14.1 Å². The topological polar surface area (TPSA) is 42.7 Å². The van der Waals surface area contributed by atoms with Gasteiger partial charge in [-0.2, -0.15) is 0 Å². The smallest absolute Gasteiger partial charge is 0.337 e. The maximum atomic E-state index is 11.3. The van der Waals surface area contributed by atoms with Gasteiger partial charge in [0.15, 0.2) is 0 Å². The molecule has 0 unspecified atom stereocenters. The van der Waals surface area contributed by atoms with Crippen LogP contribution >= 0.6 is 0 Å². The number of hydrogen-bond donors (Lipinski definition) is 0. The van der Waals surface area contributed by atoms with Gasteiger partial charge in [-0.15, -0.1) is 0 Å². The lowest BCUT2D eigenvalue weighted by Crippen LogP contribution is -2.19. The minimum absolute atomic E-state index is 0.340. The third-order valence-corrected chi connectivity index (χ3v) is 3.09. The van der Waals surface area contributed by atoms with Crippen molar-refractivity contribution in [2.45, 2.75) is 13.8 Å². The first-order valence-corrected chi connectivity index (χ1v) is 7.03. The van der Waals surface area contributed by atoms with E-state index in [1.165, 1.54) is 11.6 Å². The van der Waals surface area contributed by atoms with Crippen LogP contribution in [0, 0.1) is 25.7 Å². The molecule has 0 N–H and O–H groups in total. The second-order valence-corrected chi connectivity index (χ2v) is 5.06. The average Bonchev–Trinajstić information content (AvgIpc) is 2.47.